The molecule has 0 radical (unpaired) electrons. The fourth-order valence-electron chi connectivity index (χ4n) is 1.87. The number of thiocarbonyl (C=S) groups is 1. The summed E-state index contributed by atoms with van der Waals surface area (Å²) < 4.78 is 10.5. The molecule has 128 valence electrons. The van der Waals surface area contributed by atoms with Crippen molar-refractivity contribution in [3.63, 3.8) is 0 Å². The molecular weight excluding hydrogens is 330 g/mol. The van der Waals surface area contributed by atoms with Crippen LogP contribution in [0.15, 0.2) is 47.1 Å². The Morgan fingerprint density at radius 3 is 2.83 bits per heavy atom. The summed E-state index contributed by atoms with van der Waals surface area (Å²) in [4.78, 5) is 11.8. The van der Waals surface area contributed by atoms with Crippen LogP contribution in [0.4, 0.5) is 0 Å². The van der Waals surface area contributed by atoms with Gasteiger partial charge in [-0.25, -0.2) is 5.43 Å². The third-order valence-corrected chi connectivity index (χ3v) is 3.17. The van der Waals surface area contributed by atoms with Crippen LogP contribution in [-0.2, 0) is 0 Å². The van der Waals surface area contributed by atoms with E-state index in [4.69, 9.17) is 21.4 Å². The van der Waals surface area contributed by atoms with Gasteiger partial charge in [0.2, 0.25) is 0 Å². The molecule has 1 aromatic heterocycles. The smallest absolute Gasteiger partial charge is 0.293 e. The van der Waals surface area contributed by atoms with E-state index in [2.05, 4.69) is 16.2 Å². The van der Waals surface area contributed by atoms with Crippen molar-refractivity contribution < 1.29 is 19.1 Å². The minimum atomic E-state index is -1.07. The summed E-state index contributed by atoms with van der Waals surface area (Å²) in [6.45, 7) is 2.55. The van der Waals surface area contributed by atoms with E-state index in [1.807, 2.05) is 13.0 Å². The Kier molecular flexibility index (Phi) is 6.74. The maximum Gasteiger partial charge on any atom is 0.293 e. The molecular formula is C16H19N3O4S. The maximum atomic E-state index is 11.8. The molecule has 1 atom stereocenters. The second-order valence-corrected chi connectivity index (χ2v) is 5.23. The third-order valence-electron chi connectivity index (χ3n) is 2.97. The van der Waals surface area contributed by atoms with Gasteiger partial charge in [-0.05, 0) is 36.8 Å². The molecule has 1 unspecified atom stereocenters. The lowest BCUT2D eigenvalue weighted by Crippen LogP contribution is -2.47. The summed E-state index contributed by atoms with van der Waals surface area (Å²) in [5, 5.41) is 12.6. The average Bonchev–Trinajstić information content (AvgIpc) is 3.13. The average molecular weight is 349 g/mol. The topological polar surface area (TPSA) is 95.8 Å². The minimum absolute atomic E-state index is 0.00223. The predicted octanol–water partition coefficient (Wildman–Crippen LogP) is 1.87. The van der Waals surface area contributed by atoms with E-state index in [9.17, 15) is 9.90 Å². The molecule has 24 heavy (non-hydrogen) atoms. The van der Waals surface area contributed by atoms with Crippen LogP contribution in [0.2, 0.25) is 0 Å². The van der Waals surface area contributed by atoms with Gasteiger partial charge in [0, 0.05) is 5.56 Å². The van der Waals surface area contributed by atoms with Crippen LogP contribution in [0.25, 0.3) is 0 Å². The first-order valence-electron chi connectivity index (χ1n) is 7.42. The van der Waals surface area contributed by atoms with Crippen molar-refractivity contribution in [2.75, 3.05) is 6.61 Å². The molecule has 1 heterocycles. The lowest BCUT2D eigenvalue weighted by atomic mass is 10.2. The maximum absolute atomic E-state index is 11.8. The number of nitrogens with one attached hydrogen (secondary N) is 3. The summed E-state index contributed by atoms with van der Waals surface area (Å²) in [5.74, 6) is 0.227. The Bertz CT molecular complexity index is 676. The number of carbonyl (C=O) groups is 1. The molecule has 1 amide bonds. The second-order valence-electron chi connectivity index (χ2n) is 4.82. The van der Waals surface area contributed by atoms with Crippen molar-refractivity contribution in [1.29, 1.82) is 0 Å². The highest BCUT2D eigenvalue weighted by molar-refractivity contribution is 7.80. The molecule has 0 aliphatic rings. The molecule has 4 N–H and O–H groups in total. The molecule has 0 aliphatic carbocycles. The van der Waals surface area contributed by atoms with Crippen molar-refractivity contribution in [2.45, 2.75) is 19.6 Å². The van der Waals surface area contributed by atoms with Crippen LogP contribution in [0.5, 0.6) is 5.75 Å². The number of amides is 1. The predicted molar refractivity (Wildman–Crippen MR) is 92.2 cm³/mol. The Labute approximate surface area is 145 Å². The van der Waals surface area contributed by atoms with E-state index in [-0.39, 0.29) is 10.9 Å². The highest BCUT2D eigenvalue weighted by Crippen LogP contribution is 2.23. The Balaban J connectivity index is 1.87. The summed E-state index contributed by atoms with van der Waals surface area (Å²) in [6, 6.07) is 10.2. The monoisotopic (exact) mass is 349 g/mol. The van der Waals surface area contributed by atoms with Crippen LogP contribution in [0.3, 0.4) is 0 Å². The second kappa shape index (κ2) is 9.02. The number of furan rings is 1. The van der Waals surface area contributed by atoms with Gasteiger partial charge in [-0.2, -0.15) is 0 Å². The minimum Gasteiger partial charge on any atom is -0.493 e. The van der Waals surface area contributed by atoms with Gasteiger partial charge in [0.1, 0.15) is 5.75 Å². The van der Waals surface area contributed by atoms with E-state index in [0.717, 1.165) is 6.42 Å². The van der Waals surface area contributed by atoms with E-state index >= 15 is 0 Å². The number of aliphatic hydroxyl groups is 1. The zero-order chi connectivity index (χ0) is 17.4. The van der Waals surface area contributed by atoms with Gasteiger partial charge in [-0.3, -0.25) is 15.5 Å². The highest BCUT2D eigenvalue weighted by Gasteiger charge is 2.14. The highest BCUT2D eigenvalue weighted by atomic mass is 32.1. The lowest BCUT2D eigenvalue weighted by molar-refractivity contribution is 0.0944. The van der Waals surface area contributed by atoms with Crippen molar-refractivity contribution in [3.8, 4) is 5.75 Å². The Hall–Kier alpha value is -2.42. The van der Waals surface area contributed by atoms with Gasteiger partial charge in [0.15, 0.2) is 17.1 Å². The van der Waals surface area contributed by atoms with E-state index in [0.29, 0.717) is 17.9 Å². The molecule has 8 heteroatoms. The standard InChI is InChI=1S/C16H19N3O4S/c1-2-9-22-12-7-4-3-6-11(12)14(20)18-19-16(24)17-15(21)13-8-5-10-23-13/h3-8,10,14,18,20H,2,9H2,1H3,(H2,17,19,21,24). The number of hydrogen-bond acceptors (Lipinski definition) is 6. The summed E-state index contributed by atoms with van der Waals surface area (Å²) in [5.41, 5.74) is 5.72. The van der Waals surface area contributed by atoms with E-state index in [1.54, 1.807) is 24.3 Å². The molecule has 0 spiro atoms. The number of aliphatic hydroxyl groups excluding tert-OH is 1. The zero-order valence-corrected chi connectivity index (χ0v) is 13.9. The number of ether oxygens (including phenoxy) is 1. The molecule has 0 saturated carbocycles. The summed E-state index contributed by atoms with van der Waals surface area (Å²) in [6.07, 6.45) is 1.18. The van der Waals surface area contributed by atoms with Crippen molar-refractivity contribution in [2.24, 2.45) is 0 Å². The van der Waals surface area contributed by atoms with Crippen LogP contribution in [0.1, 0.15) is 35.7 Å². The number of hydrogen-bond donors (Lipinski definition) is 4. The van der Waals surface area contributed by atoms with Crippen molar-refractivity contribution in [1.82, 2.24) is 16.2 Å². The SMILES string of the molecule is CCCOc1ccccc1C(O)NNC(=S)NC(=O)c1ccco1. The van der Waals surface area contributed by atoms with Gasteiger partial charge >= 0.3 is 0 Å². The lowest BCUT2D eigenvalue weighted by Gasteiger charge is -2.18. The number of carbonyl (C=O) groups excluding carboxylic acids is 1. The summed E-state index contributed by atoms with van der Waals surface area (Å²) in [7, 11) is 0. The molecule has 2 aromatic rings. The Morgan fingerprint density at radius 2 is 2.12 bits per heavy atom. The molecule has 2 rings (SSSR count). The third kappa shape index (κ3) is 5.05. The van der Waals surface area contributed by atoms with Gasteiger partial charge in [-0.15, -0.1) is 0 Å². The molecule has 0 aliphatic heterocycles. The van der Waals surface area contributed by atoms with Gasteiger partial charge in [-0.1, -0.05) is 25.1 Å². The largest absolute Gasteiger partial charge is 0.493 e. The van der Waals surface area contributed by atoms with Gasteiger partial charge < -0.3 is 14.3 Å². The summed E-state index contributed by atoms with van der Waals surface area (Å²) >= 11 is 4.99. The van der Waals surface area contributed by atoms with Gasteiger partial charge in [0.25, 0.3) is 5.91 Å². The Morgan fingerprint density at radius 1 is 1.33 bits per heavy atom. The van der Waals surface area contributed by atoms with E-state index < -0.39 is 12.1 Å². The first-order valence-corrected chi connectivity index (χ1v) is 7.82. The van der Waals surface area contributed by atoms with Crippen LogP contribution >= 0.6 is 12.2 Å². The molecule has 1 aromatic carbocycles. The van der Waals surface area contributed by atoms with E-state index in [1.165, 1.54) is 12.3 Å². The van der Waals surface area contributed by atoms with Crippen molar-refractivity contribution in [3.05, 3.63) is 54.0 Å². The quantitative estimate of drug-likeness (QED) is 0.344. The van der Waals surface area contributed by atoms with Crippen molar-refractivity contribution >= 4 is 23.2 Å². The number of hydrazine groups is 1. The number of para-hydroxylation sites is 1. The molecule has 0 saturated heterocycles. The first kappa shape index (κ1) is 17.9. The molecule has 7 nitrogen and oxygen atoms in total. The molecule has 0 bridgehead atoms. The fraction of sp³-hybridized carbons (Fsp3) is 0.250. The number of benzene rings is 1. The first-order chi connectivity index (χ1) is 11.6. The van der Waals surface area contributed by atoms with Gasteiger partial charge in [0.05, 0.1) is 12.9 Å². The van der Waals surface area contributed by atoms with Crippen LogP contribution in [0, 0.1) is 0 Å². The van der Waals surface area contributed by atoms with Crippen LogP contribution in [-0.4, -0.2) is 22.7 Å². The fourth-order valence-corrected chi connectivity index (χ4v) is 2.02. The molecule has 0 fully saturated rings. The van der Waals surface area contributed by atoms with Crippen LogP contribution < -0.4 is 20.9 Å². The normalized spacial score (nSPS) is 11.6. The zero-order valence-electron chi connectivity index (χ0n) is 13.1. The number of rotatable bonds is 7.